The third-order valence-corrected chi connectivity index (χ3v) is 9.81. The van der Waals surface area contributed by atoms with Gasteiger partial charge in [-0.25, -0.2) is 4.57 Å². The zero-order valence-corrected chi connectivity index (χ0v) is 37.3. The Morgan fingerprint density at radius 1 is 0.649 bits per heavy atom. The van der Waals surface area contributed by atoms with Crippen molar-refractivity contribution in [2.75, 3.05) is 47.5 Å². The molecule has 0 heterocycles. The minimum Gasteiger partial charge on any atom is -0.462 e. The number of quaternary nitrogens is 1. The van der Waals surface area contributed by atoms with Crippen LogP contribution in [0.1, 0.15) is 149 Å². The molecule has 0 saturated carbocycles. The fourth-order valence-electron chi connectivity index (χ4n) is 5.39. The Labute approximate surface area is 347 Å². The predicted molar refractivity (Wildman–Crippen MR) is 235 cm³/mol. The molecule has 10 nitrogen and oxygen atoms in total. The normalized spacial score (nSPS) is 14.9. The molecule has 0 saturated heterocycles. The fraction of sp³-hybridized carbons (Fsp3) is 0.696. The van der Waals surface area contributed by atoms with Gasteiger partial charge in [0, 0.05) is 12.8 Å². The second-order valence-corrected chi connectivity index (χ2v) is 17.0. The number of carbonyl (C=O) groups excluding carboxylic acids is 2. The number of unbranched alkanes of at least 4 members (excludes halogenated alkanes) is 11. The van der Waals surface area contributed by atoms with Gasteiger partial charge in [0.05, 0.1) is 33.9 Å². The molecule has 0 spiro atoms. The Morgan fingerprint density at radius 2 is 1.21 bits per heavy atom. The van der Waals surface area contributed by atoms with Crippen molar-refractivity contribution in [3.05, 3.63) is 72.9 Å². The average molecular weight is 823 g/mol. The number of aliphatic hydroxyl groups is 1. The van der Waals surface area contributed by atoms with Gasteiger partial charge >= 0.3 is 19.8 Å². The number of carbonyl (C=O) groups is 2. The van der Waals surface area contributed by atoms with Crippen LogP contribution in [0.25, 0.3) is 0 Å². The molecule has 0 aromatic heterocycles. The lowest BCUT2D eigenvalue weighted by molar-refractivity contribution is -0.870. The van der Waals surface area contributed by atoms with E-state index in [9.17, 15) is 24.2 Å². The summed E-state index contributed by atoms with van der Waals surface area (Å²) in [5.74, 6) is -1.02. The minimum atomic E-state index is -4.43. The zero-order chi connectivity index (χ0) is 42.3. The van der Waals surface area contributed by atoms with Crippen LogP contribution in [0.4, 0.5) is 0 Å². The quantitative estimate of drug-likeness (QED) is 0.0156. The van der Waals surface area contributed by atoms with Gasteiger partial charge < -0.3 is 24.0 Å². The van der Waals surface area contributed by atoms with Crippen LogP contribution in [0.5, 0.6) is 0 Å². The number of phosphoric ester groups is 1. The number of esters is 2. The molecule has 2 unspecified atom stereocenters. The van der Waals surface area contributed by atoms with Crippen molar-refractivity contribution in [3.63, 3.8) is 0 Å². The molecule has 328 valence electrons. The van der Waals surface area contributed by atoms with Gasteiger partial charge in [0.1, 0.15) is 19.8 Å². The number of ether oxygens (including phenoxy) is 2. The summed E-state index contributed by atoms with van der Waals surface area (Å²) < 4.78 is 34.1. The number of allylic oxidation sites excluding steroid dienone is 11. The number of hydrogen-bond acceptors (Lipinski definition) is 8. The lowest BCUT2D eigenvalue weighted by Gasteiger charge is -2.24. The number of rotatable bonds is 38. The summed E-state index contributed by atoms with van der Waals surface area (Å²) in [7, 11) is 1.36. The van der Waals surface area contributed by atoms with Gasteiger partial charge in [0.25, 0.3) is 0 Å². The topological polar surface area (TPSA) is 129 Å². The van der Waals surface area contributed by atoms with E-state index < -0.39 is 38.6 Å². The van der Waals surface area contributed by atoms with Crippen LogP contribution < -0.4 is 0 Å². The molecule has 11 heteroatoms. The Morgan fingerprint density at radius 3 is 1.82 bits per heavy atom. The van der Waals surface area contributed by atoms with Crippen LogP contribution in [0.3, 0.4) is 0 Å². The van der Waals surface area contributed by atoms with Crippen molar-refractivity contribution in [1.82, 2.24) is 0 Å². The van der Waals surface area contributed by atoms with Crippen LogP contribution in [-0.4, -0.2) is 86.1 Å². The van der Waals surface area contributed by atoms with E-state index in [1.165, 1.54) is 38.5 Å². The molecule has 0 aliphatic rings. The first-order valence-corrected chi connectivity index (χ1v) is 23.3. The molecule has 0 aromatic rings. The minimum absolute atomic E-state index is 0.00329. The van der Waals surface area contributed by atoms with Crippen LogP contribution in [-0.2, 0) is 32.7 Å². The van der Waals surface area contributed by atoms with E-state index in [1.807, 2.05) is 33.3 Å². The fourth-order valence-corrected chi connectivity index (χ4v) is 6.13. The second-order valence-electron chi connectivity index (χ2n) is 15.5. The molecular weight excluding hydrogens is 741 g/mol. The van der Waals surface area contributed by atoms with Gasteiger partial charge in [-0.15, -0.1) is 0 Å². The summed E-state index contributed by atoms with van der Waals surface area (Å²) >= 11 is 0. The summed E-state index contributed by atoms with van der Waals surface area (Å²) in [6, 6.07) is 0. The summed E-state index contributed by atoms with van der Waals surface area (Å²) in [5, 5.41) is 10.3. The zero-order valence-electron chi connectivity index (χ0n) is 36.4. The maximum Gasteiger partial charge on any atom is 0.472 e. The summed E-state index contributed by atoms with van der Waals surface area (Å²) in [6.07, 6.45) is 42.7. The highest BCUT2D eigenvalue weighted by atomic mass is 31.2. The highest BCUT2D eigenvalue weighted by molar-refractivity contribution is 7.47. The molecule has 0 aliphatic heterocycles. The monoisotopic (exact) mass is 823 g/mol. The number of likely N-dealkylation sites (N-methyl/N-ethyl adjacent to an activating group) is 1. The smallest absolute Gasteiger partial charge is 0.462 e. The number of aliphatic hydroxyl groups excluding tert-OH is 1. The van der Waals surface area contributed by atoms with Crippen LogP contribution in [0.15, 0.2) is 72.9 Å². The molecule has 0 aromatic carbocycles. The van der Waals surface area contributed by atoms with Gasteiger partial charge in [0.15, 0.2) is 6.10 Å². The molecule has 0 bridgehead atoms. The number of phosphoric acid groups is 1. The summed E-state index contributed by atoms with van der Waals surface area (Å²) in [5.41, 5.74) is 0. The molecule has 0 fully saturated rings. The Bertz CT molecular complexity index is 1220. The first-order valence-electron chi connectivity index (χ1n) is 21.8. The Hall–Kier alpha value is -2.59. The van der Waals surface area contributed by atoms with E-state index in [-0.39, 0.29) is 26.1 Å². The Kier molecular flexibility index (Phi) is 36.0. The third kappa shape index (κ3) is 41.4. The standard InChI is InChI=1S/C46H80NO9P/c1-6-8-10-12-14-16-18-20-21-23-25-27-29-31-33-37-46(50)56-44(42-55-57(51,52)54-40-39-47(3,4)5)41-53-45(49)38-34-36-43(48)35-32-30-28-26-24-22-19-17-15-13-11-9-7-2/h9,11,15,17,20-22,24,28,30,32,35,43-44,48H,6-8,10,12-14,16,18-19,23,25-27,29,31,33-34,36-42H2,1-5H3/p+1/b11-9-,17-15-,21-20-,24-22-,30-28-,35-32+/t43?,44-/m1/s1. The van der Waals surface area contributed by atoms with Gasteiger partial charge in [-0.3, -0.25) is 18.6 Å². The second kappa shape index (κ2) is 37.7. The van der Waals surface area contributed by atoms with Crippen molar-refractivity contribution < 1.29 is 47.2 Å². The molecule has 0 amide bonds. The average Bonchev–Trinajstić information content (AvgIpc) is 3.15. The molecule has 0 radical (unpaired) electrons. The lowest BCUT2D eigenvalue weighted by Crippen LogP contribution is -2.37. The highest BCUT2D eigenvalue weighted by Crippen LogP contribution is 2.43. The van der Waals surface area contributed by atoms with Crippen molar-refractivity contribution in [2.45, 2.75) is 161 Å². The first kappa shape index (κ1) is 54.4. The first-order chi connectivity index (χ1) is 27.4. The SMILES string of the molecule is CC/C=C\C/C=C\C/C=C\C/C=C\C=C\C(O)CCCC(=O)OC[C@H](COP(=O)(O)OCC[N+](C)(C)C)OC(=O)CCCCCCC/C=C\CCCCCCCC. The van der Waals surface area contributed by atoms with E-state index in [0.717, 1.165) is 64.2 Å². The van der Waals surface area contributed by atoms with E-state index in [1.54, 1.807) is 12.2 Å². The predicted octanol–water partition coefficient (Wildman–Crippen LogP) is 11.2. The maximum atomic E-state index is 12.7. The van der Waals surface area contributed by atoms with Crippen LogP contribution >= 0.6 is 7.82 Å². The van der Waals surface area contributed by atoms with E-state index in [4.69, 9.17) is 18.5 Å². The Balaban J connectivity index is 4.59. The third-order valence-electron chi connectivity index (χ3n) is 8.82. The van der Waals surface area contributed by atoms with Crippen molar-refractivity contribution >= 4 is 19.8 Å². The van der Waals surface area contributed by atoms with Crippen molar-refractivity contribution in [2.24, 2.45) is 0 Å². The van der Waals surface area contributed by atoms with E-state index in [0.29, 0.717) is 30.3 Å². The van der Waals surface area contributed by atoms with Crippen LogP contribution in [0.2, 0.25) is 0 Å². The maximum absolute atomic E-state index is 12.7. The van der Waals surface area contributed by atoms with Gasteiger partial charge in [-0.1, -0.05) is 138 Å². The molecular formula is C46H81NO9P+. The molecule has 2 N–H and O–H groups in total. The van der Waals surface area contributed by atoms with Gasteiger partial charge in [-0.2, -0.15) is 0 Å². The largest absolute Gasteiger partial charge is 0.472 e. The molecule has 0 rings (SSSR count). The van der Waals surface area contributed by atoms with Crippen molar-refractivity contribution in [3.8, 4) is 0 Å². The lowest BCUT2D eigenvalue weighted by atomic mass is 10.1. The van der Waals surface area contributed by atoms with Crippen LogP contribution in [0, 0.1) is 0 Å². The van der Waals surface area contributed by atoms with Crippen molar-refractivity contribution in [1.29, 1.82) is 0 Å². The molecule has 0 aliphatic carbocycles. The summed E-state index contributed by atoms with van der Waals surface area (Å²) in [6.45, 7) is 4.05. The number of hydrogen-bond donors (Lipinski definition) is 2. The molecule has 3 atom stereocenters. The van der Waals surface area contributed by atoms with E-state index in [2.05, 4.69) is 62.5 Å². The van der Waals surface area contributed by atoms with Gasteiger partial charge in [0.2, 0.25) is 0 Å². The summed E-state index contributed by atoms with van der Waals surface area (Å²) in [4.78, 5) is 35.4. The molecule has 57 heavy (non-hydrogen) atoms. The van der Waals surface area contributed by atoms with Gasteiger partial charge in [-0.05, 0) is 70.6 Å². The highest BCUT2D eigenvalue weighted by Gasteiger charge is 2.27. The number of nitrogens with zero attached hydrogens (tertiary/aromatic N) is 1. The van der Waals surface area contributed by atoms with E-state index >= 15 is 0 Å².